The molecule has 0 atom stereocenters. The Bertz CT molecular complexity index is 2740. The maximum atomic E-state index is 11.4. The van der Waals surface area contributed by atoms with E-state index in [4.69, 9.17) is 29.9 Å². The lowest BCUT2D eigenvalue weighted by Gasteiger charge is -2.06. The standard InChI is InChI=1S/C36H18N12O6/c49-34(50)16-7-1-13(2-8-16)25-43-28-29(44-25)38-20-19(37-28)21-23(41-32-30(39-21)45-26(47-32)14-3-9-17(10-4-14)35(51)52)24-22(20)40-31-33(42-24)48-27(46-31)15-5-11-18(12-6-15)36(53)54/h1-12H,(H,49,50)(H,51,52)(H,53,54)(H,37,38,43,44)(H,39,41,45,47)(H,40,42,46,48). The molecule has 6 heterocycles. The Morgan fingerprint density at radius 2 is 0.593 bits per heavy atom. The molecule has 258 valence electrons. The van der Waals surface area contributed by atoms with Gasteiger partial charge >= 0.3 is 17.9 Å². The number of fused-ring (bicyclic) bond motifs is 9. The van der Waals surface area contributed by atoms with E-state index in [2.05, 4.69) is 29.9 Å². The average molecular weight is 715 g/mol. The van der Waals surface area contributed by atoms with Crippen LogP contribution >= 0.6 is 0 Å². The molecule has 4 aromatic carbocycles. The molecule has 6 aromatic heterocycles. The molecule has 6 N–H and O–H groups in total. The third kappa shape index (κ3) is 4.74. The Hall–Kier alpha value is -8.28. The van der Waals surface area contributed by atoms with E-state index in [9.17, 15) is 29.7 Å². The quantitative estimate of drug-likeness (QED) is 0.120. The molecule has 0 saturated heterocycles. The van der Waals surface area contributed by atoms with Crippen molar-refractivity contribution < 1.29 is 29.7 Å². The van der Waals surface area contributed by atoms with Crippen LogP contribution in [0.15, 0.2) is 72.8 Å². The molecule has 0 spiro atoms. The second-order valence-corrected chi connectivity index (χ2v) is 12.2. The van der Waals surface area contributed by atoms with Crippen LogP contribution in [-0.4, -0.2) is 93.0 Å². The van der Waals surface area contributed by atoms with Crippen molar-refractivity contribution in [3.8, 4) is 34.2 Å². The van der Waals surface area contributed by atoms with Crippen LogP contribution < -0.4 is 0 Å². The fraction of sp³-hybridized carbons (Fsp3) is 0. The Balaban J connectivity index is 1.21. The SMILES string of the molecule is O=C(O)c1ccc(-c2nc3nc4c5nc6nc(-c7ccc(C(=O)O)cc7)[nH]c6nc5c5nc6[nH]c(-c7ccc(C(=O)O)cc7)nc6nc5c4nc3[nH]2)cc1. The zero-order valence-electron chi connectivity index (χ0n) is 27.0. The third-order valence-electron chi connectivity index (χ3n) is 8.88. The molecule has 18 heteroatoms. The fourth-order valence-electron chi connectivity index (χ4n) is 6.22. The van der Waals surface area contributed by atoms with E-state index in [1.807, 2.05) is 0 Å². The van der Waals surface area contributed by atoms with Crippen LogP contribution in [0.3, 0.4) is 0 Å². The van der Waals surface area contributed by atoms with Crippen LogP contribution in [0.25, 0.3) is 101 Å². The molecule has 10 rings (SSSR count). The van der Waals surface area contributed by atoms with Gasteiger partial charge in [-0.15, -0.1) is 0 Å². The van der Waals surface area contributed by atoms with Crippen molar-refractivity contribution in [2.75, 3.05) is 0 Å². The number of carboxylic acid groups (broad SMARTS) is 3. The predicted octanol–water partition coefficient (Wildman–Crippen LogP) is 5.24. The zero-order valence-corrected chi connectivity index (χ0v) is 27.0. The lowest BCUT2D eigenvalue weighted by molar-refractivity contribution is 0.0686. The average Bonchev–Trinajstić information content (AvgIpc) is 3.92. The number of imidazole rings is 3. The summed E-state index contributed by atoms with van der Waals surface area (Å²) in [6.07, 6.45) is 0. The highest BCUT2D eigenvalue weighted by atomic mass is 16.4. The number of aromatic amines is 3. The van der Waals surface area contributed by atoms with Crippen molar-refractivity contribution in [3.63, 3.8) is 0 Å². The maximum absolute atomic E-state index is 11.4. The van der Waals surface area contributed by atoms with E-state index in [-0.39, 0.29) is 33.6 Å². The first-order valence-electron chi connectivity index (χ1n) is 16.0. The molecule has 0 saturated carbocycles. The molecule has 0 radical (unpaired) electrons. The molecule has 0 amide bonds. The number of H-pyrrole nitrogens is 3. The van der Waals surface area contributed by atoms with Gasteiger partial charge in [0.1, 0.15) is 50.6 Å². The highest BCUT2D eigenvalue weighted by Gasteiger charge is 2.23. The van der Waals surface area contributed by atoms with E-state index in [0.717, 1.165) is 0 Å². The second-order valence-electron chi connectivity index (χ2n) is 12.2. The van der Waals surface area contributed by atoms with Crippen LogP contribution in [0.1, 0.15) is 31.1 Å². The molecule has 54 heavy (non-hydrogen) atoms. The minimum Gasteiger partial charge on any atom is -0.478 e. The van der Waals surface area contributed by atoms with Crippen molar-refractivity contribution in [2.24, 2.45) is 0 Å². The van der Waals surface area contributed by atoms with E-state index < -0.39 is 17.9 Å². The summed E-state index contributed by atoms with van der Waals surface area (Å²) in [5, 5.41) is 28.0. The summed E-state index contributed by atoms with van der Waals surface area (Å²) >= 11 is 0. The van der Waals surface area contributed by atoms with Gasteiger partial charge in [0.25, 0.3) is 0 Å². The number of carbonyl (C=O) groups is 3. The number of aromatic nitrogens is 12. The minimum absolute atomic E-state index is 0.127. The summed E-state index contributed by atoms with van der Waals surface area (Å²) in [5.41, 5.74) is 5.88. The highest BCUT2D eigenvalue weighted by Crippen LogP contribution is 2.34. The first kappa shape index (κ1) is 30.5. The van der Waals surface area contributed by atoms with Crippen LogP contribution in [0.4, 0.5) is 0 Å². The lowest BCUT2D eigenvalue weighted by Crippen LogP contribution is -1.98. The zero-order chi connectivity index (χ0) is 36.8. The number of benzene rings is 4. The largest absolute Gasteiger partial charge is 0.478 e. The van der Waals surface area contributed by atoms with Crippen molar-refractivity contribution in [3.05, 3.63) is 89.5 Å². The highest BCUT2D eigenvalue weighted by molar-refractivity contribution is 6.20. The Labute approximate surface area is 297 Å². The van der Waals surface area contributed by atoms with Gasteiger partial charge in [-0.3, -0.25) is 0 Å². The van der Waals surface area contributed by atoms with Gasteiger partial charge in [-0.25, -0.2) is 59.2 Å². The summed E-state index contributed by atoms with van der Waals surface area (Å²) in [6.45, 7) is 0. The monoisotopic (exact) mass is 714 g/mol. The van der Waals surface area contributed by atoms with Crippen LogP contribution in [0, 0.1) is 0 Å². The van der Waals surface area contributed by atoms with Gasteiger partial charge in [-0.05, 0) is 36.4 Å². The van der Waals surface area contributed by atoms with E-state index in [1.165, 1.54) is 36.4 Å². The number of nitrogens with one attached hydrogen (secondary N) is 3. The van der Waals surface area contributed by atoms with Gasteiger partial charge in [0.05, 0.1) is 16.7 Å². The molecule has 18 nitrogen and oxygen atoms in total. The summed E-state index contributed by atoms with van der Waals surface area (Å²) in [5.74, 6) is -1.93. The molecule has 0 aliphatic heterocycles. The number of hydrogen-bond donors (Lipinski definition) is 6. The van der Waals surface area contributed by atoms with Gasteiger partial charge in [-0.1, -0.05) is 36.4 Å². The summed E-state index contributed by atoms with van der Waals surface area (Å²) in [7, 11) is 0. The van der Waals surface area contributed by atoms with E-state index >= 15 is 0 Å². The molecule has 0 aliphatic rings. The second kappa shape index (κ2) is 11.1. The molecule has 0 aliphatic carbocycles. The molecular formula is C36H18N12O6. The Morgan fingerprint density at radius 1 is 0.352 bits per heavy atom. The first-order chi connectivity index (χ1) is 26.2. The Kier molecular flexibility index (Phi) is 6.28. The number of rotatable bonds is 6. The van der Waals surface area contributed by atoms with Crippen LogP contribution in [0.5, 0.6) is 0 Å². The van der Waals surface area contributed by atoms with E-state index in [1.54, 1.807) is 36.4 Å². The number of nitrogens with zero attached hydrogens (tertiary/aromatic N) is 9. The molecule has 10 aromatic rings. The fourth-order valence-corrected chi connectivity index (χ4v) is 6.22. The Morgan fingerprint density at radius 3 is 0.833 bits per heavy atom. The molecule has 0 bridgehead atoms. The number of aromatic carboxylic acids is 3. The van der Waals surface area contributed by atoms with Gasteiger partial charge in [0.2, 0.25) is 0 Å². The van der Waals surface area contributed by atoms with Gasteiger partial charge < -0.3 is 30.3 Å². The van der Waals surface area contributed by atoms with Gasteiger partial charge in [-0.2, -0.15) is 0 Å². The minimum atomic E-state index is -1.05. The first-order valence-corrected chi connectivity index (χ1v) is 16.0. The predicted molar refractivity (Wildman–Crippen MR) is 192 cm³/mol. The van der Waals surface area contributed by atoms with Crippen LogP contribution in [-0.2, 0) is 0 Å². The molecule has 0 unspecified atom stereocenters. The van der Waals surface area contributed by atoms with Crippen molar-refractivity contribution in [2.45, 2.75) is 0 Å². The molecule has 0 fully saturated rings. The molecular weight excluding hydrogens is 696 g/mol. The topological polar surface area (TPSA) is 275 Å². The normalized spacial score (nSPS) is 11.8. The summed E-state index contributed by atoms with van der Waals surface area (Å²) in [4.78, 5) is 86.9. The van der Waals surface area contributed by atoms with Crippen molar-refractivity contribution >= 4 is 84.9 Å². The van der Waals surface area contributed by atoms with Crippen LogP contribution in [0.2, 0.25) is 0 Å². The van der Waals surface area contributed by atoms with Gasteiger partial charge in [0.15, 0.2) is 33.9 Å². The van der Waals surface area contributed by atoms with Gasteiger partial charge in [0, 0.05) is 16.7 Å². The maximum Gasteiger partial charge on any atom is 0.335 e. The number of hydrogen-bond acceptors (Lipinski definition) is 12. The van der Waals surface area contributed by atoms with Crippen molar-refractivity contribution in [1.29, 1.82) is 0 Å². The summed E-state index contributed by atoms with van der Waals surface area (Å²) in [6, 6.07) is 18.6. The summed E-state index contributed by atoms with van der Waals surface area (Å²) < 4.78 is 0. The third-order valence-corrected chi connectivity index (χ3v) is 8.88. The van der Waals surface area contributed by atoms with Crippen molar-refractivity contribution in [1.82, 2.24) is 59.8 Å². The van der Waals surface area contributed by atoms with E-state index in [0.29, 0.717) is 84.2 Å². The number of carboxylic acids is 3. The lowest BCUT2D eigenvalue weighted by atomic mass is 10.1. The smallest absolute Gasteiger partial charge is 0.335 e.